The summed E-state index contributed by atoms with van der Waals surface area (Å²) in [6, 6.07) is 10.1. The molecule has 0 bridgehead atoms. The number of morpholine rings is 1. The molecule has 1 fully saturated rings. The molecule has 1 heterocycles. The fraction of sp³-hybridized carbons (Fsp3) is 0.462. The topological polar surface area (TPSA) is 49.8 Å². The van der Waals surface area contributed by atoms with E-state index in [-0.39, 0.29) is 6.10 Å². The van der Waals surface area contributed by atoms with Gasteiger partial charge in [0.25, 0.3) is 0 Å². The molecular weight excluding hydrogens is 218 g/mol. The van der Waals surface area contributed by atoms with Crippen molar-refractivity contribution in [3.8, 4) is 0 Å². The second kappa shape index (κ2) is 5.29. The Morgan fingerprint density at radius 3 is 2.76 bits per heavy atom. The van der Waals surface area contributed by atoms with E-state index in [1.807, 2.05) is 25.1 Å². The van der Waals surface area contributed by atoms with Crippen molar-refractivity contribution >= 4 is 5.97 Å². The Balaban J connectivity index is 1.99. The van der Waals surface area contributed by atoms with Crippen LogP contribution in [-0.4, -0.2) is 41.3 Å². The van der Waals surface area contributed by atoms with Crippen LogP contribution in [0.15, 0.2) is 30.3 Å². The molecule has 1 aromatic rings. The predicted molar refractivity (Wildman–Crippen MR) is 63.7 cm³/mol. The van der Waals surface area contributed by atoms with Gasteiger partial charge in [-0.1, -0.05) is 30.3 Å². The molecule has 1 aromatic carbocycles. The molecule has 0 aliphatic carbocycles. The van der Waals surface area contributed by atoms with Crippen molar-refractivity contribution in [1.29, 1.82) is 0 Å². The summed E-state index contributed by atoms with van der Waals surface area (Å²) in [4.78, 5) is 13.1. The van der Waals surface area contributed by atoms with E-state index in [1.54, 1.807) is 0 Å². The smallest absolute Gasteiger partial charge is 0.334 e. The lowest BCUT2D eigenvalue weighted by Gasteiger charge is -2.34. The summed E-state index contributed by atoms with van der Waals surface area (Å²) in [5.41, 5.74) is 1.20. The van der Waals surface area contributed by atoms with Gasteiger partial charge in [0.2, 0.25) is 0 Å². The Hall–Kier alpha value is -1.39. The summed E-state index contributed by atoms with van der Waals surface area (Å²) < 4.78 is 5.37. The van der Waals surface area contributed by atoms with Crippen molar-refractivity contribution in [3.63, 3.8) is 0 Å². The van der Waals surface area contributed by atoms with Gasteiger partial charge in [-0.2, -0.15) is 0 Å². The van der Waals surface area contributed by atoms with Crippen molar-refractivity contribution < 1.29 is 14.6 Å². The fourth-order valence-electron chi connectivity index (χ4n) is 2.15. The molecule has 0 aromatic heterocycles. The number of carboxylic acid groups (broad SMARTS) is 1. The van der Waals surface area contributed by atoms with Crippen LogP contribution in [0.3, 0.4) is 0 Å². The quantitative estimate of drug-likeness (QED) is 0.859. The molecular formula is C13H17NO3. The molecule has 2 rings (SSSR count). The molecule has 0 saturated carbocycles. The Morgan fingerprint density at radius 2 is 2.12 bits per heavy atom. The van der Waals surface area contributed by atoms with Crippen LogP contribution in [0.1, 0.15) is 12.5 Å². The van der Waals surface area contributed by atoms with Gasteiger partial charge >= 0.3 is 5.97 Å². The van der Waals surface area contributed by atoms with Crippen LogP contribution < -0.4 is 0 Å². The molecule has 4 heteroatoms. The van der Waals surface area contributed by atoms with E-state index in [4.69, 9.17) is 9.84 Å². The lowest BCUT2D eigenvalue weighted by atomic mass is 10.1. The van der Waals surface area contributed by atoms with Gasteiger partial charge in [-0.05, 0) is 12.5 Å². The van der Waals surface area contributed by atoms with Gasteiger partial charge in [0.15, 0.2) is 6.10 Å². The Kier molecular flexibility index (Phi) is 3.76. The van der Waals surface area contributed by atoms with Crippen LogP contribution in [0.5, 0.6) is 0 Å². The molecule has 1 aliphatic heterocycles. The average molecular weight is 235 g/mol. The zero-order valence-corrected chi connectivity index (χ0v) is 9.87. The molecule has 1 aliphatic rings. The minimum Gasteiger partial charge on any atom is -0.479 e. The van der Waals surface area contributed by atoms with Crippen molar-refractivity contribution in [2.75, 3.05) is 13.1 Å². The van der Waals surface area contributed by atoms with Crippen LogP contribution in [0.25, 0.3) is 0 Å². The number of rotatable bonds is 3. The van der Waals surface area contributed by atoms with Crippen LogP contribution in [-0.2, 0) is 16.1 Å². The SMILES string of the molecule is C[C@@H]1CN(Cc2ccccc2)CC(C(=O)O)O1. The van der Waals surface area contributed by atoms with Crippen LogP contribution >= 0.6 is 0 Å². The van der Waals surface area contributed by atoms with E-state index in [0.29, 0.717) is 6.54 Å². The van der Waals surface area contributed by atoms with Gasteiger partial charge in [0.05, 0.1) is 6.10 Å². The monoisotopic (exact) mass is 235 g/mol. The highest BCUT2D eigenvalue weighted by atomic mass is 16.5. The Morgan fingerprint density at radius 1 is 1.41 bits per heavy atom. The average Bonchev–Trinajstić information content (AvgIpc) is 2.29. The van der Waals surface area contributed by atoms with E-state index in [1.165, 1.54) is 5.56 Å². The van der Waals surface area contributed by atoms with Gasteiger partial charge < -0.3 is 9.84 Å². The minimum absolute atomic E-state index is 0.0337. The normalized spacial score (nSPS) is 25.7. The Labute approximate surface area is 101 Å². The summed E-state index contributed by atoms with van der Waals surface area (Å²) in [5.74, 6) is -0.880. The summed E-state index contributed by atoms with van der Waals surface area (Å²) in [5, 5.41) is 8.99. The highest BCUT2D eigenvalue weighted by Gasteiger charge is 2.29. The number of nitrogens with zero attached hydrogens (tertiary/aromatic N) is 1. The number of carbonyl (C=O) groups is 1. The first-order valence-corrected chi connectivity index (χ1v) is 5.79. The molecule has 4 nitrogen and oxygen atoms in total. The summed E-state index contributed by atoms with van der Waals surface area (Å²) in [7, 11) is 0. The van der Waals surface area contributed by atoms with Crippen molar-refractivity contribution in [3.05, 3.63) is 35.9 Å². The number of benzene rings is 1. The number of hydrogen-bond acceptors (Lipinski definition) is 3. The number of ether oxygens (including phenoxy) is 1. The predicted octanol–water partition coefficient (Wildman–Crippen LogP) is 1.36. The molecule has 17 heavy (non-hydrogen) atoms. The first-order valence-electron chi connectivity index (χ1n) is 5.79. The second-order valence-electron chi connectivity index (χ2n) is 4.45. The standard InChI is InChI=1S/C13H17NO3/c1-10-7-14(9-12(17-10)13(15)16)8-11-5-3-2-4-6-11/h2-6,10,12H,7-9H2,1H3,(H,15,16)/t10-,12?/m1/s1. The van der Waals surface area contributed by atoms with E-state index < -0.39 is 12.1 Å². The molecule has 92 valence electrons. The third-order valence-electron chi connectivity index (χ3n) is 2.86. The lowest BCUT2D eigenvalue weighted by Crippen LogP contribution is -2.49. The summed E-state index contributed by atoms with van der Waals surface area (Å²) >= 11 is 0. The maximum atomic E-state index is 10.9. The molecule has 1 unspecified atom stereocenters. The molecule has 0 spiro atoms. The highest BCUT2D eigenvalue weighted by Crippen LogP contribution is 2.14. The van der Waals surface area contributed by atoms with Gasteiger partial charge in [-0.15, -0.1) is 0 Å². The number of hydrogen-bond donors (Lipinski definition) is 1. The van der Waals surface area contributed by atoms with E-state index in [0.717, 1.165) is 13.1 Å². The van der Waals surface area contributed by atoms with Crippen LogP contribution in [0.2, 0.25) is 0 Å². The summed E-state index contributed by atoms with van der Waals surface area (Å²) in [6.07, 6.45) is -0.740. The van der Waals surface area contributed by atoms with E-state index in [2.05, 4.69) is 17.0 Å². The maximum Gasteiger partial charge on any atom is 0.334 e. The maximum absolute atomic E-state index is 10.9. The number of carboxylic acids is 1. The minimum atomic E-state index is -0.880. The van der Waals surface area contributed by atoms with Gasteiger partial charge in [0, 0.05) is 19.6 Å². The lowest BCUT2D eigenvalue weighted by molar-refractivity contribution is -0.163. The molecule has 1 saturated heterocycles. The largest absolute Gasteiger partial charge is 0.479 e. The molecule has 1 N–H and O–H groups in total. The van der Waals surface area contributed by atoms with E-state index in [9.17, 15) is 4.79 Å². The first-order chi connectivity index (χ1) is 8.15. The van der Waals surface area contributed by atoms with E-state index >= 15 is 0 Å². The zero-order chi connectivity index (χ0) is 12.3. The zero-order valence-electron chi connectivity index (χ0n) is 9.87. The van der Waals surface area contributed by atoms with Crippen LogP contribution in [0, 0.1) is 0 Å². The van der Waals surface area contributed by atoms with Crippen molar-refractivity contribution in [2.45, 2.75) is 25.7 Å². The van der Waals surface area contributed by atoms with Gasteiger partial charge in [0.1, 0.15) is 0 Å². The third kappa shape index (κ3) is 3.28. The van der Waals surface area contributed by atoms with Crippen molar-refractivity contribution in [2.24, 2.45) is 0 Å². The summed E-state index contributed by atoms with van der Waals surface area (Å²) in [6.45, 7) is 3.92. The molecule has 2 atom stereocenters. The number of aliphatic carboxylic acids is 1. The van der Waals surface area contributed by atoms with Crippen LogP contribution in [0.4, 0.5) is 0 Å². The third-order valence-corrected chi connectivity index (χ3v) is 2.86. The Bertz CT molecular complexity index is 380. The first kappa shape index (κ1) is 12.1. The second-order valence-corrected chi connectivity index (χ2v) is 4.45. The fourth-order valence-corrected chi connectivity index (χ4v) is 2.15. The van der Waals surface area contributed by atoms with Gasteiger partial charge in [-0.25, -0.2) is 4.79 Å². The van der Waals surface area contributed by atoms with Crippen molar-refractivity contribution in [1.82, 2.24) is 4.90 Å². The molecule has 0 radical (unpaired) electrons. The van der Waals surface area contributed by atoms with Gasteiger partial charge in [-0.3, -0.25) is 4.90 Å². The highest BCUT2D eigenvalue weighted by molar-refractivity contribution is 5.72. The molecule has 0 amide bonds.